The molecule has 0 saturated carbocycles. The summed E-state index contributed by atoms with van der Waals surface area (Å²) in [6, 6.07) is 77.8. The van der Waals surface area contributed by atoms with Gasteiger partial charge in [0.15, 0.2) is 0 Å². The van der Waals surface area contributed by atoms with E-state index in [-0.39, 0.29) is 0 Å². The van der Waals surface area contributed by atoms with Crippen molar-refractivity contribution in [1.82, 2.24) is 0 Å². The minimum Gasteiger partial charge on any atom is -0.310 e. The van der Waals surface area contributed by atoms with E-state index in [0.29, 0.717) is 0 Å². The Morgan fingerprint density at radius 3 is 1.73 bits per heavy atom. The maximum absolute atomic E-state index is 2.40. The molecule has 0 aliphatic heterocycles. The highest BCUT2D eigenvalue weighted by Gasteiger charge is 2.17. The van der Waals surface area contributed by atoms with Crippen molar-refractivity contribution in [3.8, 4) is 33.4 Å². The van der Waals surface area contributed by atoms with Crippen molar-refractivity contribution in [3.63, 3.8) is 0 Å². The van der Waals surface area contributed by atoms with Gasteiger partial charge in [-0.3, -0.25) is 0 Å². The number of rotatable bonds is 6. The van der Waals surface area contributed by atoms with Gasteiger partial charge in [0.25, 0.3) is 0 Å². The predicted molar refractivity (Wildman–Crippen MR) is 243 cm³/mol. The van der Waals surface area contributed by atoms with Gasteiger partial charge in [-0.2, -0.15) is 0 Å². The Kier molecular flexibility index (Phi) is 7.75. The molecule has 0 aliphatic carbocycles. The molecule has 0 fully saturated rings. The summed E-state index contributed by atoms with van der Waals surface area (Å²) in [7, 11) is 0. The molecule has 11 rings (SSSR count). The summed E-state index contributed by atoms with van der Waals surface area (Å²) in [6.07, 6.45) is 0. The van der Waals surface area contributed by atoms with Crippen LogP contribution in [0.25, 0.3) is 85.9 Å². The summed E-state index contributed by atoms with van der Waals surface area (Å²) in [4.78, 5) is 2.40. The average Bonchev–Trinajstić information content (AvgIpc) is 3.66. The highest BCUT2D eigenvalue weighted by Crippen LogP contribution is 2.43. The Morgan fingerprint density at radius 2 is 0.857 bits per heavy atom. The van der Waals surface area contributed by atoms with Gasteiger partial charge in [-0.1, -0.05) is 158 Å². The molecule has 0 saturated heterocycles. The first kappa shape index (κ1) is 32.4. The van der Waals surface area contributed by atoms with Crippen LogP contribution in [0.5, 0.6) is 0 Å². The number of thiophene rings is 1. The van der Waals surface area contributed by atoms with E-state index in [2.05, 4.69) is 217 Å². The number of hydrogen-bond donors (Lipinski definition) is 0. The molecule has 2 heteroatoms. The fraction of sp³-hybridized carbons (Fsp3) is 0. The van der Waals surface area contributed by atoms with Crippen LogP contribution in [0, 0.1) is 0 Å². The first-order chi connectivity index (χ1) is 27.7. The zero-order valence-electron chi connectivity index (χ0n) is 30.6. The number of nitrogens with zero attached hydrogens (tertiary/aromatic N) is 1. The van der Waals surface area contributed by atoms with Gasteiger partial charge in [0.1, 0.15) is 0 Å². The summed E-state index contributed by atoms with van der Waals surface area (Å²) < 4.78 is 2.64. The Labute approximate surface area is 330 Å². The van der Waals surface area contributed by atoms with Crippen LogP contribution in [-0.4, -0.2) is 0 Å². The van der Waals surface area contributed by atoms with E-state index in [1.807, 2.05) is 11.3 Å². The van der Waals surface area contributed by atoms with Crippen molar-refractivity contribution < 1.29 is 0 Å². The minimum absolute atomic E-state index is 1.11. The third-order valence-electron chi connectivity index (χ3n) is 11.2. The lowest BCUT2D eigenvalue weighted by atomic mass is 9.95. The highest BCUT2D eigenvalue weighted by molar-refractivity contribution is 7.25. The van der Waals surface area contributed by atoms with Crippen molar-refractivity contribution in [2.24, 2.45) is 0 Å². The van der Waals surface area contributed by atoms with Crippen molar-refractivity contribution in [1.29, 1.82) is 0 Å². The molecule has 0 bridgehead atoms. The quantitative estimate of drug-likeness (QED) is 0.154. The number of benzene rings is 10. The maximum atomic E-state index is 2.40. The lowest BCUT2D eigenvalue weighted by Gasteiger charge is -2.27. The molecule has 0 radical (unpaired) electrons. The van der Waals surface area contributed by atoms with Crippen LogP contribution < -0.4 is 4.90 Å². The van der Waals surface area contributed by atoms with Crippen molar-refractivity contribution in [3.05, 3.63) is 212 Å². The second-order valence-corrected chi connectivity index (χ2v) is 15.6. The van der Waals surface area contributed by atoms with E-state index in [4.69, 9.17) is 0 Å². The van der Waals surface area contributed by atoms with Crippen molar-refractivity contribution in [2.75, 3.05) is 4.90 Å². The summed E-state index contributed by atoms with van der Waals surface area (Å²) >= 11 is 1.87. The van der Waals surface area contributed by atoms with Gasteiger partial charge in [-0.05, 0) is 120 Å². The highest BCUT2D eigenvalue weighted by atomic mass is 32.1. The maximum Gasteiger partial charge on any atom is 0.0468 e. The SMILES string of the molecule is c1cc(-c2cccc(N(c3ccc(-c4cccc5sc6ccccc6c45)cc3)c3ccc4c(ccc5ccccc54)c3)c2)cc(-c2cccc3ccccc23)c1. The van der Waals surface area contributed by atoms with Crippen LogP contribution in [0.15, 0.2) is 212 Å². The molecule has 0 atom stereocenters. The first-order valence-corrected chi connectivity index (χ1v) is 20.0. The van der Waals surface area contributed by atoms with Crippen molar-refractivity contribution in [2.45, 2.75) is 0 Å². The lowest BCUT2D eigenvalue weighted by Crippen LogP contribution is -2.10. The fourth-order valence-electron chi connectivity index (χ4n) is 8.56. The van der Waals surface area contributed by atoms with E-state index in [0.717, 1.165) is 17.1 Å². The molecule has 11 aromatic rings. The predicted octanol–water partition coefficient (Wildman–Crippen LogP) is 16.0. The second kappa shape index (κ2) is 13.4. The number of anilines is 3. The molecule has 0 spiro atoms. The zero-order valence-corrected chi connectivity index (χ0v) is 31.4. The molecule has 1 nitrogen and oxygen atoms in total. The molecular formula is C54H35NS. The summed E-state index contributed by atoms with van der Waals surface area (Å²) in [5.74, 6) is 0. The van der Waals surface area contributed by atoms with Crippen LogP contribution in [0.2, 0.25) is 0 Å². The van der Waals surface area contributed by atoms with E-state index in [9.17, 15) is 0 Å². The van der Waals surface area contributed by atoms with Crippen molar-refractivity contribution >= 4 is 80.9 Å². The molecule has 0 aliphatic rings. The minimum atomic E-state index is 1.11. The molecule has 56 heavy (non-hydrogen) atoms. The molecular weight excluding hydrogens is 695 g/mol. The van der Waals surface area contributed by atoms with Crippen LogP contribution in [-0.2, 0) is 0 Å². The van der Waals surface area contributed by atoms with Crippen LogP contribution >= 0.6 is 11.3 Å². The van der Waals surface area contributed by atoms with Gasteiger partial charge in [-0.15, -0.1) is 11.3 Å². The normalized spacial score (nSPS) is 11.6. The van der Waals surface area contributed by atoms with E-state index in [1.54, 1.807) is 0 Å². The molecule has 0 unspecified atom stereocenters. The summed E-state index contributed by atoms with van der Waals surface area (Å²) in [5, 5.41) is 10.2. The van der Waals surface area contributed by atoms with Gasteiger partial charge in [0, 0.05) is 37.2 Å². The Balaban J connectivity index is 1.04. The molecule has 262 valence electrons. The van der Waals surface area contributed by atoms with E-state index in [1.165, 1.54) is 85.9 Å². The largest absolute Gasteiger partial charge is 0.310 e. The molecule has 0 N–H and O–H groups in total. The first-order valence-electron chi connectivity index (χ1n) is 19.2. The fourth-order valence-corrected chi connectivity index (χ4v) is 9.69. The lowest BCUT2D eigenvalue weighted by molar-refractivity contribution is 1.29. The van der Waals surface area contributed by atoms with E-state index >= 15 is 0 Å². The monoisotopic (exact) mass is 729 g/mol. The molecule has 1 aromatic heterocycles. The molecule has 10 aromatic carbocycles. The van der Waals surface area contributed by atoms with Gasteiger partial charge in [0.05, 0.1) is 0 Å². The zero-order chi connectivity index (χ0) is 37.0. The molecule has 1 heterocycles. The van der Waals surface area contributed by atoms with Gasteiger partial charge in [-0.25, -0.2) is 0 Å². The summed E-state index contributed by atoms with van der Waals surface area (Å²) in [5.41, 5.74) is 10.6. The van der Waals surface area contributed by atoms with Gasteiger partial charge in [0.2, 0.25) is 0 Å². The van der Waals surface area contributed by atoms with Crippen LogP contribution in [0.1, 0.15) is 0 Å². The summed E-state index contributed by atoms with van der Waals surface area (Å²) in [6.45, 7) is 0. The third-order valence-corrected chi connectivity index (χ3v) is 12.4. The Bertz CT molecular complexity index is 3260. The smallest absolute Gasteiger partial charge is 0.0468 e. The number of hydrogen-bond acceptors (Lipinski definition) is 2. The Morgan fingerprint density at radius 1 is 0.286 bits per heavy atom. The van der Waals surface area contributed by atoms with Gasteiger partial charge >= 0.3 is 0 Å². The molecule has 0 amide bonds. The third kappa shape index (κ3) is 5.54. The standard InChI is InChI=1S/C54H35NS/c1-3-18-46-36(11-1)13-9-21-48(46)41-16-7-14-39(33-41)40-15-8-17-44(34-40)55(45-31-32-49-42(35-45)26-25-37-12-2-4-19-47(37)49)43-29-27-38(28-30-43)50-22-10-24-53-54(50)51-20-5-6-23-52(51)56-53/h1-35H. The second-order valence-electron chi connectivity index (χ2n) is 14.5. The van der Waals surface area contributed by atoms with Gasteiger partial charge < -0.3 is 4.90 Å². The Hall–Kier alpha value is -7.00. The number of fused-ring (bicyclic) bond motifs is 7. The van der Waals surface area contributed by atoms with Crippen LogP contribution in [0.3, 0.4) is 0 Å². The topological polar surface area (TPSA) is 3.24 Å². The average molecular weight is 730 g/mol. The van der Waals surface area contributed by atoms with Crippen LogP contribution in [0.4, 0.5) is 17.1 Å². The van der Waals surface area contributed by atoms with E-state index < -0.39 is 0 Å².